The van der Waals surface area contributed by atoms with Gasteiger partial charge in [-0.05, 0) is 31.2 Å². The Kier molecular flexibility index (Phi) is 3.85. The fourth-order valence-electron chi connectivity index (χ4n) is 2.65. The molecule has 2 aromatic heterocycles. The van der Waals surface area contributed by atoms with E-state index in [9.17, 15) is 5.11 Å². The first-order valence-corrected chi connectivity index (χ1v) is 7.93. The number of ether oxygens (including phenoxy) is 1. The van der Waals surface area contributed by atoms with E-state index in [1.165, 1.54) is 19.4 Å². The third kappa shape index (κ3) is 2.88. The fraction of sp³-hybridized carbons (Fsp3) is 0.111. The lowest BCUT2D eigenvalue weighted by atomic mass is 10.2. The summed E-state index contributed by atoms with van der Waals surface area (Å²) in [6, 6.07) is 11.0. The molecular formula is C18H16N6O2. The van der Waals surface area contributed by atoms with Gasteiger partial charge in [0.05, 0.1) is 13.3 Å². The number of hydrogen-bond acceptors (Lipinski definition) is 7. The molecule has 4 aromatic rings. The van der Waals surface area contributed by atoms with Crippen LogP contribution in [0.15, 0.2) is 41.5 Å². The van der Waals surface area contributed by atoms with Crippen LogP contribution in [-0.4, -0.2) is 38.6 Å². The number of aromatic nitrogens is 4. The van der Waals surface area contributed by atoms with Gasteiger partial charge in [-0.2, -0.15) is 10.1 Å². The molecule has 0 aliphatic carbocycles. The summed E-state index contributed by atoms with van der Waals surface area (Å²) in [7, 11) is 1.54. The number of nitrogens with one attached hydrogen (secondary N) is 2. The first kappa shape index (κ1) is 15.8. The molecule has 0 radical (unpaired) electrons. The Morgan fingerprint density at radius 1 is 1.19 bits per heavy atom. The highest BCUT2D eigenvalue weighted by Crippen LogP contribution is 2.24. The Labute approximate surface area is 148 Å². The van der Waals surface area contributed by atoms with Crippen LogP contribution in [0, 0.1) is 6.92 Å². The van der Waals surface area contributed by atoms with Crippen molar-refractivity contribution in [1.29, 1.82) is 0 Å². The number of anilines is 1. The van der Waals surface area contributed by atoms with Crippen molar-refractivity contribution in [3.8, 4) is 11.5 Å². The second-order valence-electron chi connectivity index (χ2n) is 5.80. The summed E-state index contributed by atoms with van der Waals surface area (Å²) >= 11 is 0. The second-order valence-corrected chi connectivity index (χ2v) is 5.80. The molecule has 8 nitrogen and oxygen atoms in total. The number of benzene rings is 2. The van der Waals surface area contributed by atoms with Crippen molar-refractivity contribution < 1.29 is 9.84 Å². The minimum Gasteiger partial charge on any atom is -0.507 e. The van der Waals surface area contributed by atoms with Crippen LogP contribution < -0.4 is 10.2 Å². The summed E-state index contributed by atoms with van der Waals surface area (Å²) in [5, 5.41) is 23.2. The molecule has 2 aromatic carbocycles. The van der Waals surface area contributed by atoms with Crippen LogP contribution >= 0.6 is 0 Å². The van der Waals surface area contributed by atoms with Gasteiger partial charge in [-0.1, -0.05) is 11.6 Å². The average Bonchev–Trinajstić information content (AvgIpc) is 3.00. The average molecular weight is 348 g/mol. The first-order valence-electron chi connectivity index (χ1n) is 7.93. The number of aryl methyl sites for hydroxylation is 1. The maximum atomic E-state index is 9.92. The summed E-state index contributed by atoms with van der Waals surface area (Å²) in [5.74, 6) is 0.889. The third-order valence-corrected chi connectivity index (χ3v) is 3.98. The lowest BCUT2D eigenvalue weighted by Gasteiger charge is -2.02. The van der Waals surface area contributed by atoms with Gasteiger partial charge in [0.1, 0.15) is 17.0 Å². The number of aromatic amines is 1. The fourth-order valence-corrected chi connectivity index (χ4v) is 2.65. The topological polar surface area (TPSA) is 108 Å². The first-order chi connectivity index (χ1) is 12.6. The number of hydrazone groups is 1. The Morgan fingerprint density at radius 2 is 2.08 bits per heavy atom. The van der Waals surface area contributed by atoms with Gasteiger partial charge in [-0.3, -0.25) is 0 Å². The van der Waals surface area contributed by atoms with Crippen molar-refractivity contribution in [3.63, 3.8) is 0 Å². The van der Waals surface area contributed by atoms with Crippen molar-refractivity contribution in [3.05, 3.63) is 47.5 Å². The smallest absolute Gasteiger partial charge is 0.265 e. The van der Waals surface area contributed by atoms with Crippen LogP contribution in [0.5, 0.6) is 11.5 Å². The lowest BCUT2D eigenvalue weighted by Crippen LogP contribution is -1.99. The molecule has 26 heavy (non-hydrogen) atoms. The Balaban J connectivity index is 1.58. The third-order valence-electron chi connectivity index (χ3n) is 3.98. The highest BCUT2D eigenvalue weighted by atomic mass is 16.5. The quantitative estimate of drug-likeness (QED) is 0.386. The van der Waals surface area contributed by atoms with Gasteiger partial charge < -0.3 is 14.8 Å². The van der Waals surface area contributed by atoms with E-state index in [4.69, 9.17) is 4.74 Å². The highest BCUT2D eigenvalue weighted by Gasteiger charge is 2.09. The maximum absolute atomic E-state index is 9.92. The molecule has 8 heteroatoms. The molecule has 0 spiro atoms. The summed E-state index contributed by atoms with van der Waals surface area (Å²) < 4.78 is 5.05. The minimum absolute atomic E-state index is 0.0652. The van der Waals surface area contributed by atoms with Gasteiger partial charge in [0, 0.05) is 22.5 Å². The molecule has 130 valence electrons. The molecule has 0 bridgehead atoms. The van der Waals surface area contributed by atoms with E-state index >= 15 is 0 Å². The van der Waals surface area contributed by atoms with Crippen molar-refractivity contribution in [2.24, 2.45) is 5.10 Å². The van der Waals surface area contributed by atoms with Gasteiger partial charge in [0.15, 0.2) is 5.65 Å². The number of phenols is 1. The van der Waals surface area contributed by atoms with Crippen molar-refractivity contribution in [2.45, 2.75) is 6.92 Å². The van der Waals surface area contributed by atoms with Gasteiger partial charge >= 0.3 is 0 Å². The Morgan fingerprint density at radius 3 is 2.88 bits per heavy atom. The predicted molar refractivity (Wildman–Crippen MR) is 99.8 cm³/mol. The number of aromatic hydroxyl groups is 1. The number of H-pyrrole nitrogens is 1. The van der Waals surface area contributed by atoms with Gasteiger partial charge in [-0.15, -0.1) is 10.2 Å². The van der Waals surface area contributed by atoms with E-state index in [1.807, 2.05) is 25.1 Å². The summed E-state index contributed by atoms with van der Waals surface area (Å²) in [5.41, 5.74) is 6.70. The Hall–Kier alpha value is -3.68. The van der Waals surface area contributed by atoms with Crippen LogP contribution in [-0.2, 0) is 0 Å². The number of methoxy groups -OCH3 is 1. The second kappa shape index (κ2) is 6.32. The van der Waals surface area contributed by atoms with Crippen molar-refractivity contribution in [2.75, 3.05) is 12.5 Å². The molecule has 2 heterocycles. The Bertz CT molecular complexity index is 1140. The summed E-state index contributed by atoms with van der Waals surface area (Å²) in [6.07, 6.45) is 1.47. The van der Waals surface area contributed by atoms with E-state index in [2.05, 4.69) is 30.7 Å². The molecule has 0 aliphatic heterocycles. The highest BCUT2D eigenvalue weighted by molar-refractivity contribution is 6.03. The predicted octanol–water partition coefficient (Wildman–Crippen LogP) is 2.97. The maximum Gasteiger partial charge on any atom is 0.265 e. The normalized spacial score (nSPS) is 11.5. The molecule has 0 unspecified atom stereocenters. The SMILES string of the molecule is COc1ccc(C=NNc2nnc3c(n2)[nH]c2ccc(C)cc23)c(O)c1. The summed E-state index contributed by atoms with van der Waals surface area (Å²) in [6.45, 7) is 2.03. The van der Waals surface area contributed by atoms with Crippen LogP contribution in [0.4, 0.5) is 5.95 Å². The molecular weight excluding hydrogens is 332 g/mol. The largest absolute Gasteiger partial charge is 0.507 e. The van der Waals surface area contributed by atoms with Gasteiger partial charge in [-0.25, -0.2) is 5.43 Å². The number of fused-ring (bicyclic) bond motifs is 3. The minimum atomic E-state index is 0.0652. The van der Waals surface area contributed by atoms with Crippen LogP contribution in [0.1, 0.15) is 11.1 Å². The number of phenolic OH excluding ortho intramolecular Hbond substituents is 1. The van der Waals surface area contributed by atoms with E-state index in [1.54, 1.807) is 12.1 Å². The molecule has 0 amide bonds. The molecule has 0 atom stereocenters. The molecule has 0 saturated carbocycles. The van der Waals surface area contributed by atoms with Crippen LogP contribution in [0.3, 0.4) is 0 Å². The molecule has 4 rings (SSSR count). The number of hydrogen-bond donors (Lipinski definition) is 3. The van der Waals surface area contributed by atoms with Crippen molar-refractivity contribution >= 4 is 34.2 Å². The standard InChI is InChI=1S/C18H16N6O2/c1-10-3-6-14-13(7-10)16-17(20-14)21-18(24-22-16)23-19-9-11-4-5-12(26-2)8-15(11)25/h3-9,25H,1-2H3,(H2,20,21,23,24). The zero-order valence-electron chi connectivity index (χ0n) is 14.2. The van der Waals surface area contributed by atoms with Crippen LogP contribution in [0.2, 0.25) is 0 Å². The zero-order valence-corrected chi connectivity index (χ0v) is 14.2. The lowest BCUT2D eigenvalue weighted by molar-refractivity contribution is 0.407. The van der Waals surface area contributed by atoms with Crippen molar-refractivity contribution in [1.82, 2.24) is 20.2 Å². The molecule has 0 saturated heterocycles. The summed E-state index contributed by atoms with van der Waals surface area (Å²) in [4.78, 5) is 7.60. The molecule has 3 N–H and O–H groups in total. The number of rotatable bonds is 4. The van der Waals surface area contributed by atoms with Crippen LogP contribution in [0.25, 0.3) is 22.1 Å². The van der Waals surface area contributed by atoms with E-state index in [-0.39, 0.29) is 11.7 Å². The zero-order chi connectivity index (χ0) is 18.1. The van der Waals surface area contributed by atoms with E-state index in [0.717, 1.165) is 16.5 Å². The molecule has 0 fully saturated rings. The van der Waals surface area contributed by atoms with E-state index < -0.39 is 0 Å². The van der Waals surface area contributed by atoms with Gasteiger partial charge in [0.2, 0.25) is 0 Å². The number of nitrogens with zero attached hydrogens (tertiary/aromatic N) is 4. The molecule has 0 aliphatic rings. The van der Waals surface area contributed by atoms with E-state index in [0.29, 0.717) is 22.5 Å². The monoisotopic (exact) mass is 348 g/mol. The van der Waals surface area contributed by atoms with Gasteiger partial charge in [0.25, 0.3) is 5.95 Å².